The summed E-state index contributed by atoms with van der Waals surface area (Å²) in [6.07, 6.45) is 1.27. The van der Waals surface area contributed by atoms with Crippen LogP contribution < -0.4 is 17.0 Å². The molecule has 0 aliphatic carbocycles. The molecule has 3 rings (SSSR count). The highest BCUT2D eigenvalue weighted by molar-refractivity contribution is 5.84. The summed E-state index contributed by atoms with van der Waals surface area (Å²) in [5.74, 6) is -1.20. The van der Waals surface area contributed by atoms with Crippen LogP contribution in [-0.4, -0.2) is 24.6 Å². The average Bonchev–Trinajstić information content (AvgIpc) is 2.97. The number of nitrogens with two attached hydrogens (primary N) is 1. The van der Waals surface area contributed by atoms with E-state index in [0.717, 1.165) is 4.57 Å². The number of imidazole rings is 1. The maximum absolute atomic E-state index is 13.1. The van der Waals surface area contributed by atoms with E-state index in [1.54, 1.807) is 0 Å². The molecule has 0 spiro atoms. The Hall–Kier alpha value is -3.23. The molecule has 1 aromatic carbocycles. The van der Waals surface area contributed by atoms with Gasteiger partial charge in [-0.2, -0.15) is 0 Å². The van der Waals surface area contributed by atoms with Crippen LogP contribution in [0.2, 0.25) is 0 Å². The fourth-order valence-corrected chi connectivity index (χ4v) is 2.67. The van der Waals surface area contributed by atoms with Crippen LogP contribution in [0.4, 0.5) is 4.39 Å². The van der Waals surface area contributed by atoms with Gasteiger partial charge in [-0.3, -0.25) is 18.7 Å². The van der Waals surface area contributed by atoms with E-state index in [4.69, 9.17) is 5.73 Å². The third kappa shape index (κ3) is 2.21. The average molecular weight is 331 g/mol. The number of hydrogen-bond donors (Lipinski definition) is 1. The zero-order chi connectivity index (χ0) is 17.6. The minimum absolute atomic E-state index is 0.0627. The lowest BCUT2D eigenvalue weighted by molar-refractivity contribution is -0.120. The van der Waals surface area contributed by atoms with Crippen molar-refractivity contribution in [3.63, 3.8) is 0 Å². The predicted octanol–water partition coefficient (Wildman–Crippen LogP) is -0.353. The minimum atomic E-state index is -1.05. The summed E-state index contributed by atoms with van der Waals surface area (Å²) in [6.45, 7) is 0. The molecule has 9 heteroatoms. The molecular formula is C15H14FN5O3. The number of aromatic nitrogens is 4. The van der Waals surface area contributed by atoms with Gasteiger partial charge in [0, 0.05) is 14.1 Å². The van der Waals surface area contributed by atoms with Crippen LogP contribution in [0.5, 0.6) is 0 Å². The lowest BCUT2D eigenvalue weighted by atomic mass is 10.1. The smallest absolute Gasteiger partial charge is 0.332 e. The molecule has 2 heterocycles. The number of aryl methyl sites for hydroxylation is 1. The monoisotopic (exact) mass is 331 g/mol. The minimum Gasteiger partial charge on any atom is -0.368 e. The Morgan fingerprint density at radius 2 is 1.79 bits per heavy atom. The molecule has 124 valence electrons. The normalized spacial score (nSPS) is 12.5. The molecule has 8 nitrogen and oxygen atoms in total. The van der Waals surface area contributed by atoms with Crippen molar-refractivity contribution in [3.8, 4) is 0 Å². The molecule has 1 atom stereocenters. The molecule has 0 saturated heterocycles. The first-order valence-electron chi connectivity index (χ1n) is 7.00. The van der Waals surface area contributed by atoms with Gasteiger partial charge in [-0.05, 0) is 17.7 Å². The summed E-state index contributed by atoms with van der Waals surface area (Å²) in [7, 11) is 2.80. The second-order valence-corrected chi connectivity index (χ2v) is 5.39. The van der Waals surface area contributed by atoms with Crippen molar-refractivity contribution in [2.75, 3.05) is 0 Å². The summed E-state index contributed by atoms with van der Waals surface area (Å²) in [4.78, 5) is 40.5. The van der Waals surface area contributed by atoms with Gasteiger partial charge in [0.05, 0.1) is 6.33 Å². The van der Waals surface area contributed by atoms with Gasteiger partial charge in [-0.1, -0.05) is 12.1 Å². The highest BCUT2D eigenvalue weighted by Gasteiger charge is 2.25. The van der Waals surface area contributed by atoms with Crippen LogP contribution in [0.25, 0.3) is 11.2 Å². The number of fused-ring (bicyclic) bond motifs is 1. The number of primary amides is 1. The highest BCUT2D eigenvalue weighted by Crippen LogP contribution is 2.21. The fourth-order valence-electron chi connectivity index (χ4n) is 2.67. The molecule has 2 aromatic heterocycles. The number of hydrogen-bond acceptors (Lipinski definition) is 4. The summed E-state index contributed by atoms with van der Waals surface area (Å²) >= 11 is 0. The Labute approximate surface area is 134 Å². The Kier molecular flexibility index (Phi) is 3.55. The van der Waals surface area contributed by atoms with Crippen molar-refractivity contribution in [2.24, 2.45) is 19.8 Å². The number of rotatable bonds is 3. The van der Waals surface area contributed by atoms with E-state index >= 15 is 0 Å². The van der Waals surface area contributed by atoms with E-state index in [2.05, 4.69) is 4.98 Å². The van der Waals surface area contributed by atoms with Crippen molar-refractivity contribution in [1.82, 2.24) is 18.7 Å². The molecule has 0 radical (unpaired) electrons. The first kappa shape index (κ1) is 15.7. The van der Waals surface area contributed by atoms with Gasteiger partial charge >= 0.3 is 5.69 Å². The van der Waals surface area contributed by atoms with Crippen molar-refractivity contribution in [1.29, 1.82) is 0 Å². The molecule has 0 aliphatic rings. The number of carbonyl (C=O) groups is 1. The summed E-state index contributed by atoms with van der Waals surface area (Å²) < 4.78 is 16.6. The number of benzene rings is 1. The zero-order valence-electron chi connectivity index (χ0n) is 12.9. The standard InChI is InChI=1S/C15H14FN5O3/c1-19-13-11(14(23)20(2)15(19)24)21(7-18-13)10(12(17)22)8-3-5-9(16)6-4-8/h3-7,10H,1-2H3,(H2,17,22)/t10-/m1/s1. The van der Waals surface area contributed by atoms with E-state index < -0.39 is 29.0 Å². The predicted molar refractivity (Wildman–Crippen MR) is 83.9 cm³/mol. The summed E-state index contributed by atoms with van der Waals surface area (Å²) in [5.41, 5.74) is 4.96. The number of nitrogens with zero attached hydrogens (tertiary/aromatic N) is 4. The molecule has 0 fully saturated rings. The molecule has 0 saturated carbocycles. The Balaban J connectivity index is 2.35. The van der Waals surface area contributed by atoms with Gasteiger partial charge in [0.2, 0.25) is 5.91 Å². The quantitative estimate of drug-likeness (QED) is 0.708. The van der Waals surface area contributed by atoms with Crippen LogP contribution >= 0.6 is 0 Å². The van der Waals surface area contributed by atoms with E-state index in [0.29, 0.717) is 5.56 Å². The third-order valence-electron chi connectivity index (χ3n) is 3.91. The molecule has 0 unspecified atom stereocenters. The molecule has 1 amide bonds. The second kappa shape index (κ2) is 5.44. The van der Waals surface area contributed by atoms with Gasteiger partial charge in [-0.25, -0.2) is 14.2 Å². The maximum atomic E-state index is 13.1. The molecule has 2 N–H and O–H groups in total. The van der Waals surface area contributed by atoms with Crippen LogP contribution in [0.3, 0.4) is 0 Å². The number of halogens is 1. The van der Waals surface area contributed by atoms with E-state index in [-0.39, 0.29) is 11.2 Å². The summed E-state index contributed by atoms with van der Waals surface area (Å²) in [6, 6.07) is 4.14. The topological polar surface area (TPSA) is 105 Å². The van der Waals surface area contributed by atoms with Crippen molar-refractivity contribution >= 4 is 17.1 Å². The van der Waals surface area contributed by atoms with Gasteiger partial charge in [0.1, 0.15) is 11.9 Å². The number of amides is 1. The SMILES string of the molecule is Cn1c(=O)c2c(ncn2[C@@H](C(N)=O)c2ccc(F)cc2)n(C)c1=O. The molecule has 0 bridgehead atoms. The van der Waals surface area contributed by atoms with E-state index in [1.165, 1.54) is 53.8 Å². The van der Waals surface area contributed by atoms with Crippen LogP contribution in [0.15, 0.2) is 40.2 Å². The van der Waals surface area contributed by atoms with Crippen LogP contribution in [-0.2, 0) is 18.9 Å². The largest absolute Gasteiger partial charge is 0.368 e. The van der Waals surface area contributed by atoms with Crippen LogP contribution in [0, 0.1) is 5.82 Å². The Morgan fingerprint density at radius 1 is 1.17 bits per heavy atom. The molecular weight excluding hydrogens is 317 g/mol. The number of carbonyl (C=O) groups excluding carboxylic acids is 1. The first-order chi connectivity index (χ1) is 11.3. The van der Waals surface area contributed by atoms with Crippen molar-refractivity contribution < 1.29 is 9.18 Å². The van der Waals surface area contributed by atoms with E-state index in [9.17, 15) is 18.8 Å². The lowest BCUT2D eigenvalue weighted by Gasteiger charge is -2.16. The maximum Gasteiger partial charge on any atom is 0.332 e. The van der Waals surface area contributed by atoms with Crippen molar-refractivity contribution in [3.05, 3.63) is 62.8 Å². The second-order valence-electron chi connectivity index (χ2n) is 5.39. The fraction of sp³-hybridized carbons (Fsp3) is 0.200. The van der Waals surface area contributed by atoms with Crippen LogP contribution in [0.1, 0.15) is 11.6 Å². The van der Waals surface area contributed by atoms with Gasteiger partial charge in [-0.15, -0.1) is 0 Å². The summed E-state index contributed by atoms with van der Waals surface area (Å²) in [5, 5.41) is 0. The van der Waals surface area contributed by atoms with E-state index in [1.807, 2.05) is 0 Å². The third-order valence-corrected chi connectivity index (χ3v) is 3.91. The first-order valence-corrected chi connectivity index (χ1v) is 7.00. The Morgan fingerprint density at radius 3 is 2.38 bits per heavy atom. The molecule has 0 aliphatic heterocycles. The molecule has 3 aromatic rings. The van der Waals surface area contributed by atoms with Gasteiger partial charge in [0.15, 0.2) is 11.2 Å². The van der Waals surface area contributed by atoms with Gasteiger partial charge in [0.25, 0.3) is 5.56 Å². The van der Waals surface area contributed by atoms with Gasteiger partial charge < -0.3 is 10.3 Å². The zero-order valence-corrected chi connectivity index (χ0v) is 12.9. The lowest BCUT2D eigenvalue weighted by Crippen LogP contribution is -2.38. The molecule has 24 heavy (non-hydrogen) atoms. The Bertz CT molecular complexity index is 1060. The van der Waals surface area contributed by atoms with Crippen molar-refractivity contribution in [2.45, 2.75) is 6.04 Å². The highest BCUT2D eigenvalue weighted by atomic mass is 19.1.